The lowest BCUT2D eigenvalue weighted by Gasteiger charge is -2.29. The zero-order valence-corrected chi connectivity index (χ0v) is 19.2. The van der Waals surface area contributed by atoms with Gasteiger partial charge in [0.2, 0.25) is 5.91 Å². The molecule has 5 nitrogen and oxygen atoms in total. The first-order valence-electron chi connectivity index (χ1n) is 11.4. The summed E-state index contributed by atoms with van der Waals surface area (Å²) in [6.07, 6.45) is -0.178. The largest absolute Gasteiger partial charge is 0.444 e. The Bertz CT molecular complexity index is 1020. The molecule has 1 aliphatic carbocycles. The van der Waals surface area contributed by atoms with Gasteiger partial charge in [-0.3, -0.25) is 9.69 Å². The number of carbonyl (C=O) groups is 2. The average molecular weight is 457 g/mol. The molecule has 1 saturated carbocycles. The van der Waals surface area contributed by atoms with Crippen LogP contribution in [0.1, 0.15) is 68.7 Å². The number of nitrogens with one attached hydrogen (secondary N) is 1. The Morgan fingerprint density at radius 3 is 2.39 bits per heavy atom. The van der Waals surface area contributed by atoms with Crippen LogP contribution in [0.15, 0.2) is 48.5 Å². The van der Waals surface area contributed by atoms with Gasteiger partial charge in [-0.05, 0) is 62.3 Å². The number of nitrogens with zero attached hydrogens (tertiary/aromatic N) is 1. The second-order valence-corrected chi connectivity index (χ2v) is 9.89. The molecule has 176 valence electrons. The highest BCUT2D eigenvalue weighted by atomic mass is 19.1. The van der Waals surface area contributed by atoms with Crippen LogP contribution in [0.25, 0.3) is 0 Å². The molecular weight excluding hydrogens is 426 g/mol. The average Bonchev–Trinajstić information content (AvgIpc) is 3.51. The molecule has 0 radical (unpaired) electrons. The molecule has 0 spiro atoms. The van der Waals surface area contributed by atoms with E-state index in [-0.39, 0.29) is 24.7 Å². The van der Waals surface area contributed by atoms with Crippen molar-refractivity contribution in [3.63, 3.8) is 0 Å². The molecule has 0 aromatic heterocycles. The Balaban J connectivity index is 1.59. The maximum atomic E-state index is 14.8. The van der Waals surface area contributed by atoms with Crippen LogP contribution in [0.3, 0.4) is 0 Å². The van der Waals surface area contributed by atoms with E-state index in [1.165, 1.54) is 6.07 Å². The van der Waals surface area contributed by atoms with Crippen molar-refractivity contribution in [2.75, 3.05) is 6.54 Å². The Morgan fingerprint density at radius 1 is 1.09 bits per heavy atom. The van der Waals surface area contributed by atoms with E-state index in [9.17, 15) is 18.4 Å². The molecule has 1 saturated heterocycles. The fourth-order valence-electron chi connectivity index (χ4n) is 4.25. The van der Waals surface area contributed by atoms with Crippen LogP contribution in [-0.2, 0) is 9.53 Å². The third-order valence-corrected chi connectivity index (χ3v) is 5.98. The summed E-state index contributed by atoms with van der Waals surface area (Å²) in [4.78, 5) is 27.0. The monoisotopic (exact) mass is 456 g/mol. The smallest absolute Gasteiger partial charge is 0.411 e. The van der Waals surface area contributed by atoms with Gasteiger partial charge in [-0.25, -0.2) is 13.6 Å². The third-order valence-electron chi connectivity index (χ3n) is 5.98. The predicted molar refractivity (Wildman–Crippen MR) is 121 cm³/mol. The van der Waals surface area contributed by atoms with Gasteiger partial charge in [-0.15, -0.1) is 0 Å². The van der Waals surface area contributed by atoms with Crippen molar-refractivity contribution >= 4 is 12.0 Å². The molecule has 2 aliphatic rings. The van der Waals surface area contributed by atoms with Crippen LogP contribution in [-0.4, -0.2) is 41.3 Å². The summed E-state index contributed by atoms with van der Waals surface area (Å²) >= 11 is 0. The van der Waals surface area contributed by atoms with Gasteiger partial charge in [0.05, 0.1) is 12.6 Å². The maximum absolute atomic E-state index is 14.8. The van der Waals surface area contributed by atoms with Crippen LogP contribution in [0.4, 0.5) is 13.6 Å². The summed E-state index contributed by atoms with van der Waals surface area (Å²) in [5, 5.41) is 2.93. The second kappa shape index (κ2) is 9.12. The molecule has 0 bridgehead atoms. The molecule has 4 rings (SSSR count). The van der Waals surface area contributed by atoms with Crippen molar-refractivity contribution in [2.45, 2.75) is 69.8 Å². The van der Waals surface area contributed by atoms with Crippen molar-refractivity contribution in [1.29, 1.82) is 0 Å². The Hall–Kier alpha value is -2.96. The summed E-state index contributed by atoms with van der Waals surface area (Å²) < 4.78 is 34.4. The molecule has 2 aromatic rings. The van der Waals surface area contributed by atoms with Crippen molar-refractivity contribution in [2.24, 2.45) is 0 Å². The second-order valence-electron chi connectivity index (χ2n) is 9.89. The van der Waals surface area contributed by atoms with Gasteiger partial charge in [0.15, 0.2) is 0 Å². The van der Waals surface area contributed by atoms with E-state index >= 15 is 0 Å². The van der Waals surface area contributed by atoms with Gasteiger partial charge >= 0.3 is 6.09 Å². The van der Waals surface area contributed by atoms with E-state index in [4.69, 9.17) is 4.74 Å². The van der Waals surface area contributed by atoms with E-state index in [1.54, 1.807) is 26.8 Å². The highest BCUT2D eigenvalue weighted by Crippen LogP contribution is 2.42. The molecule has 1 aliphatic heterocycles. The highest BCUT2D eigenvalue weighted by molar-refractivity contribution is 5.87. The zero-order chi connectivity index (χ0) is 23.8. The fourth-order valence-corrected chi connectivity index (χ4v) is 4.25. The summed E-state index contributed by atoms with van der Waals surface area (Å²) in [7, 11) is 0. The van der Waals surface area contributed by atoms with E-state index in [1.807, 2.05) is 36.4 Å². The van der Waals surface area contributed by atoms with Crippen molar-refractivity contribution < 1.29 is 23.1 Å². The fraction of sp³-hybridized carbons (Fsp3) is 0.462. The standard InChI is InChI=1S/C26H30F2N2O3/c1-26(2,3)33-25(32)30-15-19(27)14-22(30)24(31)29-23(17-7-5-4-6-8-17)18-11-12-20(16-9-10-16)21(28)13-18/h4-8,11-13,16,19,22-23H,9-10,14-15H2,1-3H3,(H,29,31). The zero-order valence-electron chi connectivity index (χ0n) is 19.2. The molecule has 1 N–H and O–H groups in total. The Labute approximate surface area is 193 Å². The summed E-state index contributed by atoms with van der Waals surface area (Å²) in [5.74, 6) is -0.516. The molecule has 7 heteroatoms. The Morgan fingerprint density at radius 2 is 1.79 bits per heavy atom. The third kappa shape index (κ3) is 5.52. The van der Waals surface area contributed by atoms with Crippen LogP contribution >= 0.6 is 0 Å². The number of benzene rings is 2. The SMILES string of the molecule is CC(C)(C)OC(=O)N1CC(F)CC1C(=O)NC(c1ccccc1)c1ccc(C2CC2)c(F)c1. The minimum absolute atomic E-state index is 0.110. The van der Waals surface area contributed by atoms with Gasteiger partial charge < -0.3 is 10.1 Å². The summed E-state index contributed by atoms with van der Waals surface area (Å²) in [6, 6.07) is 12.6. The van der Waals surface area contributed by atoms with Crippen LogP contribution in [0.2, 0.25) is 0 Å². The molecule has 1 heterocycles. The molecule has 33 heavy (non-hydrogen) atoms. The van der Waals surface area contributed by atoms with Crippen LogP contribution in [0, 0.1) is 5.82 Å². The lowest BCUT2D eigenvalue weighted by molar-refractivity contribution is -0.126. The molecular formula is C26H30F2N2O3. The van der Waals surface area contributed by atoms with Crippen molar-refractivity contribution in [3.05, 3.63) is 71.0 Å². The highest BCUT2D eigenvalue weighted by Gasteiger charge is 2.42. The minimum Gasteiger partial charge on any atom is -0.444 e. The van der Waals surface area contributed by atoms with Gasteiger partial charge in [0.1, 0.15) is 23.6 Å². The lowest BCUT2D eigenvalue weighted by Crippen LogP contribution is -2.48. The number of alkyl halides is 1. The van der Waals surface area contributed by atoms with Crippen LogP contribution < -0.4 is 5.32 Å². The number of hydrogen-bond donors (Lipinski definition) is 1. The quantitative estimate of drug-likeness (QED) is 0.668. The van der Waals surface area contributed by atoms with Crippen LogP contribution in [0.5, 0.6) is 0 Å². The Kier molecular flexibility index (Phi) is 6.41. The van der Waals surface area contributed by atoms with E-state index in [0.29, 0.717) is 11.1 Å². The van der Waals surface area contributed by atoms with Gasteiger partial charge in [-0.2, -0.15) is 0 Å². The van der Waals surface area contributed by atoms with E-state index in [2.05, 4.69) is 5.32 Å². The van der Waals surface area contributed by atoms with Gasteiger partial charge in [0, 0.05) is 6.42 Å². The number of halogens is 2. The number of ether oxygens (including phenoxy) is 1. The first-order valence-corrected chi connectivity index (χ1v) is 11.4. The van der Waals surface area contributed by atoms with Crippen molar-refractivity contribution in [3.8, 4) is 0 Å². The number of rotatable bonds is 5. The van der Waals surface area contributed by atoms with Gasteiger partial charge in [0.25, 0.3) is 0 Å². The topological polar surface area (TPSA) is 58.6 Å². The summed E-state index contributed by atoms with van der Waals surface area (Å²) in [5.41, 5.74) is 1.29. The summed E-state index contributed by atoms with van der Waals surface area (Å²) in [6.45, 7) is 4.95. The predicted octanol–water partition coefficient (Wildman–Crippen LogP) is 5.26. The number of hydrogen-bond acceptors (Lipinski definition) is 3. The number of amides is 2. The molecule has 3 atom stereocenters. The maximum Gasteiger partial charge on any atom is 0.411 e. The van der Waals surface area contributed by atoms with E-state index in [0.717, 1.165) is 23.3 Å². The first kappa shape index (κ1) is 23.2. The van der Waals surface area contributed by atoms with E-state index < -0.39 is 35.9 Å². The minimum atomic E-state index is -1.32. The normalized spacial score (nSPS) is 21.5. The molecule has 2 fully saturated rings. The van der Waals surface area contributed by atoms with Gasteiger partial charge in [-0.1, -0.05) is 42.5 Å². The molecule has 2 amide bonds. The van der Waals surface area contributed by atoms with Crippen molar-refractivity contribution in [1.82, 2.24) is 10.2 Å². The lowest BCUT2D eigenvalue weighted by atomic mass is 9.96. The molecule has 2 aromatic carbocycles. The molecule has 3 unspecified atom stereocenters. The number of likely N-dealkylation sites (tertiary alicyclic amines) is 1. The number of carbonyl (C=O) groups excluding carboxylic acids is 2. The first-order chi connectivity index (χ1) is 15.6.